The summed E-state index contributed by atoms with van der Waals surface area (Å²) in [4.78, 5) is 12.5. The number of nitrogens with one attached hydrogen (secondary N) is 2. The molecule has 116 valence electrons. The molecule has 1 amide bonds. The van der Waals surface area contributed by atoms with Crippen molar-refractivity contribution in [2.45, 2.75) is 64.3 Å². The lowest BCUT2D eigenvalue weighted by Gasteiger charge is -2.37. The summed E-state index contributed by atoms with van der Waals surface area (Å²) in [5, 5.41) is 6.79. The van der Waals surface area contributed by atoms with Gasteiger partial charge in [0.05, 0.1) is 0 Å². The Hall–Kier alpha value is -0.280. The molecular weight excluding hydrogens is 272 g/mol. The first-order chi connectivity index (χ1) is 9.03. The summed E-state index contributed by atoms with van der Waals surface area (Å²) < 4.78 is 0. The highest BCUT2D eigenvalue weighted by molar-refractivity contribution is 5.85. The zero-order valence-corrected chi connectivity index (χ0v) is 13.7. The van der Waals surface area contributed by atoms with Gasteiger partial charge in [-0.2, -0.15) is 0 Å². The van der Waals surface area contributed by atoms with Crippen molar-refractivity contribution in [3.63, 3.8) is 0 Å². The Morgan fingerprint density at radius 2 is 1.75 bits per heavy atom. The van der Waals surface area contributed by atoms with Crippen molar-refractivity contribution < 1.29 is 4.79 Å². The van der Waals surface area contributed by atoms with Crippen LogP contribution in [-0.2, 0) is 4.79 Å². The molecule has 3 rings (SSSR count). The van der Waals surface area contributed by atoms with E-state index >= 15 is 0 Å². The van der Waals surface area contributed by atoms with Crippen molar-refractivity contribution >= 4 is 18.3 Å². The predicted molar refractivity (Wildman–Crippen MR) is 84.1 cm³/mol. The van der Waals surface area contributed by atoms with Crippen LogP contribution < -0.4 is 10.6 Å². The lowest BCUT2D eigenvalue weighted by molar-refractivity contribution is -0.125. The van der Waals surface area contributed by atoms with Gasteiger partial charge in [-0.05, 0) is 76.3 Å². The smallest absolute Gasteiger partial charge is 0.224 e. The van der Waals surface area contributed by atoms with Crippen LogP contribution >= 0.6 is 12.4 Å². The van der Waals surface area contributed by atoms with Crippen molar-refractivity contribution in [3.8, 4) is 0 Å². The molecule has 3 nitrogen and oxygen atoms in total. The molecule has 2 N–H and O–H groups in total. The van der Waals surface area contributed by atoms with Crippen molar-refractivity contribution in [1.29, 1.82) is 0 Å². The van der Waals surface area contributed by atoms with Crippen molar-refractivity contribution in [2.24, 2.45) is 17.3 Å². The number of rotatable bonds is 2. The zero-order valence-electron chi connectivity index (χ0n) is 12.8. The summed E-state index contributed by atoms with van der Waals surface area (Å²) in [7, 11) is 0. The molecule has 3 fully saturated rings. The summed E-state index contributed by atoms with van der Waals surface area (Å²) in [5.74, 6) is 1.49. The van der Waals surface area contributed by atoms with E-state index in [1.165, 1.54) is 25.7 Å². The van der Waals surface area contributed by atoms with Crippen molar-refractivity contribution in [1.82, 2.24) is 10.6 Å². The monoisotopic (exact) mass is 300 g/mol. The fourth-order valence-electron chi connectivity index (χ4n) is 4.10. The first kappa shape index (κ1) is 16.1. The van der Waals surface area contributed by atoms with E-state index in [0.717, 1.165) is 38.3 Å². The van der Waals surface area contributed by atoms with E-state index in [1.54, 1.807) is 0 Å². The molecule has 1 heterocycles. The fourth-order valence-corrected chi connectivity index (χ4v) is 4.10. The minimum Gasteiger partial charge on any atom is -0.351 e. The lowest BCUT2D eigenvalue weighted by Crippen LogP contribution is -2.49. The molecular formula is C16H29ClN2O. The Morgan fingerprint density at radius 1 is 1.15 bits per heavy atom. The highest BCUT2D eigenvalue weighted by Gasteiger charge is 2.58. The minimum absolute atomic E-state index is 0. The second-order valence-electron chi connectivity index (χ2n) is 7.60. The van der Waals surface area contributed by atoms with Crippen LogP contribution in [0.2, 0.25) is 0 Å². The molecule has 1 unspecified atom stereocenters. The third kappa shape index (κ3) is 3.14. The lowest BCUT2D eigenvalue weighted by atomic mass is 9.78. The number of carbonyl (C=O) groups excluding carboxylic acids is 1. The van der Waals surface area contributed by atoms with E-state index in [4.69, 9.17) is 0 Å². The number of carbonyl (C=O) groups is 1. The van der Waals surface area contributed by atoms with E-state index < -0.39 is 0 Å². The van der Waals surface area contributed by atoms with Crippen LogP contribution in [0.3, 0.4) is 0 Å². The van der Waals surface area contributed by atoms with Gasteiger partial charge in [-0.25, -0.2) is 0 Å². The standard InChI is InChI=1S/C16H28N2O.ClH/c1-12-3-5-15(2,6-4-12)18-14(19)13-11-16(13)7-9-17-10-8-16;/h12-13,17H,3-11H2,1-2H3,(H,18,19);1H. The largest absolute Gasteiger partial charge is 0.351 e. The summed E-state index contributed by atoms with van der Waals surface area (Å²) in [6, 6.07) is 0. The van der Waals surface area contributed by atoms with Gasteiger partial charge in [0.1, 0.15) is 0 Å². The summed E-state index contributed by atoms with van der Waals surface area (Å²) in [5.41, 5.74) is 0.438. The third-order valence-electron chi connectivity index (χ3n) is 5.91. The molecule has 0 aromatic heterocycles. The summed E-state index contributed by atoms with van der Waals surface area (Å²) in [6.07, 6.45) is 8.35. The number of hydrogen-bond donors (Lipinski definition) is 2. The van der Waals surface area contributed by atoms with Crippen LogP contribution in [0.15, 0.2) is 0 Å². The van der Waals surface area contributed by atoms with Gasteiger partial charge in [-0.1, -0.05) is 6.92 Å². The van der Waals surface area contributed by atoms with Gasteiger partial charge in [0, 0.05) is 11.5 Å². The average molecular weight is 301 g/mol. The van der Waals surface area contributed by atoms with Crippen LogP contribution in [0.4, 0.5) is 0 Å². The fraction of sp³-hybridized carbons (Fsp3) is 0.938. The molecule has 2 aliphatic carbocycles. The third-order valence-corrected chi connectivity index (χ3v) is 5.91. The topological polar surface area (TPSA) is 41.1 Å². The molecule has 3 aliphatic rings. The highest BCUT2D eigenvalue weighted by atomic mass is 35.5. The van der Waals surface area contributed by atoms with Crippen LogP contribution in [-0.4, -0.2) is 24.5 Å². The molecule has 1 aliphatic heterocycles. The summed E-state index contributed by atoms with van der Waals surface area (Å²) >= 11 is 0. The molecule has 0 aromatic rings. The summed E-state index contributed by atoms with van der Waals surface area (Å²) in [6.45, 7) is 6.76. The Labute approximate surface area is 129 Å². The average Bonchev–Trinajstić information content (AvgIpc) is 3.08. The van der Waals surface area contributed by atoms with Crippen molar-refractivity contribution in [2.75, 3.05) is 13.1 Å². The molecule has 0 radical (unpaired) electrons. The van der Waals surface area contributed by atoms with Gasteiger partial charge in [-0.3, -0.25) is 4.79 Å². The van der Waals surface area contributed by atoms with Crippen molar-refractivity contribution in [3.05, 3.63) is 0 Å². The molecule has 4 heteroatoms. The van der Waals surface area contributed by atoms with Gasteiger partial charge in [-0.15, -0.1) is 12.4 Å². The van der Waals surface area contributed by atoms with Gasteiger partial charge in [0.15, 0.2) is 0 Å². The van der Waals surface area contributed by atoms with Gasteiger partial charge < -0.3 is 10.6 Å². The first-order valence-corrected chi connectivity index (χ1v) is 8.06. The Bertz CT molecular complexity index is 357. The first-order valence-electron chi connectivity index (χ1n) is 8.06. The highest BCUT2D eigenvalue weighted by Crippen LogP contribution is 2.58. The Morgan fingerprint density at radius 3 is 2.35 bits per heavy atom. The van der Waals surface area contributed by atoms with Gasteiger partial charge in [0.25, 0.3) is 0 Å². The molecule has 0 aromatic carbocycles. The number of hydrogen-bond acceptors (Lipinski definition) is 2. The predicted octanol–water partition coefficient (Wildman–Crippen LogP) is 2.88. The molecule has 20 heavy (non-hydrogen) atoms. The molecule has 1 saturated heterocycles. The van der Waals surface area contributed by atoms with Gasteiger partial charge >= 0.3 is 0 Å². The van der Waals surface area contributed by atoms with E-state index in [2.05, 4.69) is 24.5 Å². The number of halogens is 1. The van der Waals surface area contributed by atoms with Gasteiger partial charge in [0.2, 0.25) is 5.91 Å². The number of piperidine rings is 1. The van der Waals surface area contributed by atoms with Crippen LogP contribution in [0.1, 0.15) is 58.8 Å². The second kappa shape index (κ2) is 5.84. The minimum atomic E-state index is 0. The Balaban J connectivity index is 0.00000147. The number of amides is 1. The second-order valence-corrected chi connectivity index (χ2v) is 7.60. The molecule has 1 spiro atoms. The van der Waals surface area contributed by atoms with Crippen LogP contribution in [0.25, 0.3) is 0 Å². The normalized spacial score (nSPS) is 38.9. The maximum atomic E-state index is 12.5. The van der Waals surface area contributed by atoms with Crippen LogP contribution in [0, 0.1) is 17.3 Å². The van der Waals surface area contributed by atoms with E-state index in [1.807, 2.05) is 0 Å². The molecule has 1 atom stereocenters. The van der Waals surface area contributed by atoms with E-state index in [0.29, 0.717) is 17.2 Å². The molecule has 0 bridgehead atoms. The maximum absolute atomic E-state index is 12.5. The van der Waals surface area contributed by atoms with E-state index in [9.17, 15) is 4.79 Å². The quantitative estimate of drug-likeness (QED) is 0.823. The van der Waals surface area contributed by atoms with Crippen LogP contribution in [0.5, 0.6) is 0 Å². The van der Waals surface area contributed by atoms with E-state index in [-0.39, 0.29) is 17.9 Å². The maximum Gasteiger partial charge on any atom is 0.224 e. The molecule has 2 saturated carbocycles. The Kier molecular flexibility index (Phi) is 4.70. The SMILES string of the molecule is CC1CCC(C)(NC(=O)C2CC23CCNCC3)CC1.Cl. The zero-order chi connectivity index (χ0) is 13.5.